The number of carbonyl (C=O) groups excluding carboxylic acids is 2. The van der Waals surface area contributed by atoms with Gasteiger partial charge in [0.15, 0.2) is 0 Å². The van der Waals surface area contributed by atoms with Gasteiger partial charge < -0.3 is 15.4 Å². The van der Waals surface area contributed by atoms with E-state index in [9.17, 15) is 9.59 Å². The molecule has 1 fully saturated rings. The quantitative estimate of drug-likeness (QED) is 0.520. The van der Waals surface area contributed by atoms with Crippen LogP contribution in [0.15, 0.2) is 66.1 Å². The average molecular weight is 397 g/mol. The van der Waals surface area contributed by atoms with Crippen molar-refractivity contribution in [3.8, 4) is 0 Å². The normalized spacial score (nSPS) is 15.8. The second kappa shape index (κ2) is 10.1. The SMILES string of the molecule is C=CCSc1ccccc1C(=O)Nc1ccccc1C(=O)NC[C@@H]1CCCO1. The van der Waals surface area contributed by atoms with Crippen LogP contribution in [-0.4, -0.2) is 36.8 Å². The van der Waals surface area contributed by atoms with E-state index in [1.165, 1.54) is 0 Å². The second-order valence-corrected chi connectivity index (χ2v) is 7.50. The van der Waals surface area contributed by atoms with Gasteiger partial charge in [0, 0.05) is 23.8 Å². The highest BCUT2D eigenvalue weighted by atomic mass is 32.2. The number of para-hydroxylation sites is 1. The number of hydrogen-bond acceptors (Lipinski definition) is 4. The number of anilines is 1. The Labute approximate surface area is 169 Å². The fraction of sp³-hybridized carbons (Fsp3) is 0.273. The lowest BCUT2D eigenvalue weighted by molar-refractivity contribution is 0.0858. The first-order valence-electron chi connectivity index (χ1n) is 9.32. The van der Waals surface area contributed by atoms with Gasteiger partial charge in [-0.2, -0.15) is 0 Å². The van der Waals surface area contributed by atoms with E-state index in [0.29, 0.717) is 29.1 Å². The number of thioether (sulfide) groups is 1. The summed E-state index contributed by atoms with van der Waals surface area (Å²) in [5, 5.41) is 5.79. The molecule has 2 N–H and O–H groups in total. The Kier molecular flexibility index (Phi) is 7.28. The molecule has 2 aromatic carbocycles. The number of carbonyl (C=O) groups is 2. The largest absolute Gasteiger partial charge is 0.376 e. The fourth-order valence-corrected chi connectivity index (χ4v) is 3.80. The summed E-state index contributed by atoms with van der Waals surface area (Å²) in [5.74, 6) is 0.249. The van der Waals surface area contributed by atoms with Crippen molar-refractivity contribution in [2.24, 2.45) is 0 Å². The first-order valence-corrected chi connectivity index (χ1v) is 10.3. The van der Waals surface area contributed by atoms with Crippen LogP contribution in [0.25, 0.3) is 0 Å². The summed E-state index contributed by atoms with van der Waals surface area (Å²) < 4.78 is 5.54. The molecule has 1 heterocycles. The maximum absolute atomic E-state index is 12.8. The Morgan fingerprint density at radius 2 is 1.86 bits per heavy atom. The van der Waals surface area contributed by atoms with E-state index in [2.05, 4.69) is 17.2 Å². The monoisotopic (exact) mass is 396 g/mol. The lowest BCUT2D eigenvalue weighted by atomic mass is 10.1. The van der Waals surface area contributed by atoms with Crippen molar-refractivity contribution in [3.63, 3.8) is 0 Å². The molecule has 5 nitrogen and oxygen atoms in total. The van der Waals surface area contributed by atoms with Gasteiger partial charge in [0.05, 0.1) is 22.9 Å². The van der Waals surface area contributed by atoms with Crippen molar-refractivity contribution in [1.82, 2.24) is 5.32 Å². The van der Waals surface area contributed by atoms with Crippen LogP contribution < -0.4 is 10.6 Å². The zero-order chi connectivity index (χ0) is 19.8. The molecule has 0 saturated carbocycles. The molecule has 146 valence electrons. The van der Waals surface area contributed by atoms with Crippen LogP contribution in [0.4, 0.5) is 5.69 Å². The zero-order valence-corrected chi connectivity index (χ0v) is 16.5. The summed E-state index contributed by atoms with van der Waals surface area (Å²) >= 11 is 1.55. The van der Waals surface area contributed by atoms with Gasteiger partial charge in [0.25, 0.3) is 11.8 Å². The Hall–Kier alpha value is -2.57. The van der Waals surface area contributed by atoms with Gasteiger partial charge in [-0.1, -0.05) is 30.3 Å². The van der Waals surface area contributed by atoms with Crippen molar-refractivity contribution < 1.29 is 14.3 Å². The zero-order valence-electron chi connectivity index (χ0n) is 15.6. The minimum atomic E-state index is -0.244. The number of nitrogens with one attached hydrogen (secondary N) is 2. The number of amides is 2. The van der Waals surface area contributed by atoms with E-state index in [1.54, 1.807) is 48.2 Å². The van der Waals surface area contributed by atoms with Crippen LogP contribution in [0, 0.1) is 0 Å². The molecule has 1 aliphatic rings. The third kappa shape index (κ3) is 5.24. The van der Waals surface area contributed by atoms with E-state index >= 15 is 0 Å². The molecule has 0 bridgehead atoms. The van der Waals surface area contributed by atoms with E-state index in [1.807, 2.05) is 18.2 Å². The van der Waals surface area contributed by atoms with Gasteiger partial charge in [-0.05, 0) is 37.1 Å². The Balaban J connectivity index is 1.71. The number of rotatable bonds is 8. The molecule has 0 radical (unpaired) electrons. The molecule has 1 aliphatic heterocycles. The highest BCUT2D eigenvalue weighted by Crippen LogP contribution is 2.24. The molecule has 28 heavy (non-hydrogen) atoms. The van der Waals surface area contributed by atoms with E-state index in [4.69, 9.17) is 4.74 Å². The molecule has 1 saturated heterocycles. The molecule has 2 aromatic rings. The van der Waals surface area contributed by atoms with E-state index < -0.39 is 0 Å². The number of benzene rings is 2. The van der Waals surface area contributed by atoms with E-state index in [0.717, 1.165) is 24.3 Å². The molecule has 0 aromatic heterocycles. The fourth-order valence-electron chi connectivity index (χ4n) is 3.02. The van der Waals surface area contributed by atoms with Gasteiger partial charge >= 0.3 is 0 Å². The summed E-state index contributed by atoms with van der Waals surface area (Å²) in [6, 6.07) is 14.4. The topological polar surface area (TPSA) is 67.4 Å². The standard InChI is InChI=1S/C22H24N2O3S/c1-2-14-28-20-12-6-4-10-18(20)22(26)24-19-11-5-3-9-17(19)21(25)23-15-16-8-7-13-27-16/h2-6,9-12,16H,1,7-8,13-15H2,(H,23,25)(H,24,26)/t16-/m0/s1. The maximum atomic E-state index is 12.8. The summed E-state index contributed by atoms with van der Waals surface area (Å²) in [7, 11) is 0. The molecule has 6 heteroatoms. The van der Waals surface area contributed by atoms with Gasteiger partial charge in [0.1, 0.15) is 0 Å². The van der Waals surface area contributed by atoms with Crippen molar-refractivity contribution >= 4 is 29.3 Å². The molecule has 3 rings (SSSR count). The minimum Gasteiger partial charge on any atom is -0.376 e. The predicted molar refractivity (Wildman–Crippen MR) is 113 cm³/mol. The maximum Gasteiger partial charge on any atom is 0.256 e. The summed E-state index contributed by atoms with van der Waals surface area (Å²) in [6.07, 6.45) is 3.85. The third-order valence-corrected chi connectivity index (χ3v) is 5.49. The highest BCUT2D eigenvalue weighted by molar-refractivity contribution is 7.99. The molecular formula is C22H24N2O3S. The van der Waals surface area contributed by atoms with Gasteiger partial charge in [-0.3, -0.25) is 9.59 Å². The van der Waals surface area contributed by atoms with Crippen molar-refractivity contribution in [3.05, 3.63) is 72.3 Å². The van der Waals surface area contributed by atoms with Gasteiger partial charge in [-0.15, -0.1) is 18.3 Å². The molecule has 0 spiro atoms. The van der Waals surface area contributed by atoms with Crippen LogP contribution >= 0.6 is 11.8 Å². The minimum absolute atomic E-state index is 0.0689. The smallest absolute Gasteiger partial charge is 0.256 e. The lowest BCUT2D eigenvalue weighted by Gasteiger charge is -2.14. The summed E-state index contributed by atoms with van der Waals surface area (Å²) in [6.45, 7) is 4.94. The first kappa shape index (κ1) is 20.2. The highest BCUT2D eigenvalue weighted by Gasteiger charge is 2.19. The second-order valence-electron chi connectivity index (χ2n) is 6.44. The predicted octanol–water partition coefficient (Wildman–Crippen LogP) is 4.13. The third-order valence-electron chi connectivity index (χ3n) is 4.42. The van der Waals surface area contributed by atoms with Crippen LogP contribution in [0.3, 0.4) is 0 Å². The Morgan fingerprint density at radius 1 is 1.11 bits per heavy atom. The van der Waals surface area contributed by atoms with E-state index in [-0.39, 0.29) is 17.9 Å². The Bertz CT molecular complexity index is 847. The lowest BCUT2D eigenvalue weighted by Crippen LogP contribution is -2.32. The van der Waals surface area contributed by atoms with Crippen LogP contribution in [0.2, 0.25) is 0 Å². The van der Waals surface area contributed by atoms with Crippen LogP contribution in [0.5, 0.6) is 0 Å². The molecular weight excluding hydrogens is 372 g/mol. The average Bonchev–Trinajstić information content (AvgIpc) is 3.24. The molecule has 0 unspecified atom stereocenters. The number of hydrogen-bond donors (Lipinski definition) is 2. The first-order chi connectivity index (χ1) is 13.7. The van der Waals surface area contributed by atoms with Gasteiger partial charge in [0.2, 0.25) is 0 Å². The molecule has 0 aliphatic carbocycles. The number of ether oxygens (including phenoxy) is 1. The van der Waals surface area contributed by atoms with Gasteiger partial charge in [-0.25, -0.2) is 0 Å². The Morgan fingerprint density at radius 3 is 2.61 bits per heavy atom. The molecule has 1 atom stereocenters. The van der Waals surface area contributed by atoms with Crippen LogP contribution in [0.1, 0.15) is 33.6 Å². The summed E-state index contributed by atoms with van der Waals surface area (Å²) in [4.78, 5) is 26.3. The van der Waals surface area contributed by atoms with Crippen molar-refractivity contribution in [1.29, 1.82) is 0 Å². The van der Waals surface area contributed by atoms with Crippen LogP contribution in [-0.2, 0) is 4.74 Å². The molecule has 2 amide bonds. The van der Waals surface area contributed by atoms with Crippen molar-refractivity contribution in [2.75, 3.05) is 24.2 Å². The van der Waals surface area contributed by atoms with Crippen molar-refractivity contribution in [2.45, 2.75) is 23.8 Å². The summed E-state index contributed by atoms with van der Waals surface area (Å²) in [5.41, 5.74) is 1.50.